The number of ether oxygens (including phenoxy) is 2. The summed E-state index contributed by atoms with van der Waals surface area (Å²) in [7, 11) is 2.94. The maximum absolute atomic E-state index is 12.3. The van der Waals surface area contributed by atoms with Gasteiger partial charge >= 0.3 is 12.0 Å². The van der Waals surface area contributed by atoms with Crippen LogP contribution < -0.4 is 15.4 Å². The molecule has 136 valence electrons. The lowest BCUT2D eigenvalue weighted by atomic mass is 10.1. The lowest BCUT2D eigenvalue weighted by molar-refractivity contribution is -0.155. The third-order valence-corrected chi connectivity index (χ3v) is 3.56. The smallest absolute Gasteiger partial charge is 0.321 e. The molecule has 0 spiro atoms. The highest BCUT2D eigenvalue weighted by atomic mass is 16.5. The van der Waals surface area contributed by atoms with Crippen molar-refractivity contribution in [2.75, 3.05) is 14.2 Å². The number of hydrogen-bond acceptors (Lipinski definition) is 5. The molecular formula is C19H20N2O5. The fraction of sp³-hybridized carbons (Fsp3) is 0.211. The van der Waals surface area contributed by atoms with Crippen LogP contribution in [-0.2, 0) is 20.7 Å². The van der Waals surface area contributed by atoms with Crippen molar-refractivity contribution in [1.82, 2.24) is 10.6 Å². The van der Waals surface area contributed by atoms with E-state index in [-0.39, 0.29) is 6.42 Å². The van der Waals surface area contributed by atoms with Gasteiger partial charge in [0.1, 0.15) is 5.75 Å². The molecule has 0 aliphatic carbocycles. The van der Waals surface area contributed by atoms with Crippen LogP contribution in [0.5, 0.6) is 5.75 Å². The summed E-state index contributed by atoms with van der Waals surface area (Å²) in [6, 6.07) is 14.8. The van der Waals surface area contributed by atoms with E-state index >= 15 is 0 Å². The minimum atomic E-state index is -1.22. The molecule has 0 saturated heterocycles. The molecule has 0 unspecified atom stereocenters. The minimum Gasteiger partial charge on any atom is -0.497 e. The van der Waals surface area contributed by atoms with Crippen molar-refractivity contribution >= 4 is 17.9 Å². The number of nitrogens with one attached hydrogen (secondary N) is 2. The topological polar surface area (TPSA) is 93.7 Å². The van der Waals surface area contributed by atoms with E-state index in [1.807, 2.05) is 0 Å². The van der Waals surface area contributed by atoms with Crippen molar-refractivity contribution in [2.24, 2.45) is 0 Å². The monoisotopic (exact) mass is 356 g/mol. The largest absolute Gasteiger partial charge is 0.497 e. The summed E-state index contributed by atoms with van der Waals surface area (Å²) in [4.78, 5) is 36.0. The third kappa shape index (κ3) is 5.34. The molecule has 7 nitrogen and oxygen atoms in total. The summed E-state index contributed by atoms with van der Waals surface area (Å²) >= 11 is 0. The van der Waals surface area contributed by atoms with Crippen LogP contribution in [0.3, 0.4) is 0 Å². The van der Waals surface area contributed by atoms with E-state index < -0.39 is 24.0 Å². The van der Waals surface area contributed by atoms with E-state index in [0.717, 1.165) is 0 Å². The van der Waals surface area contributed by atoms with Gasteiger partial charge in [0.2, 0.25) is 6.10 Å². The minimum absolute atomic E-state index is 0.0133. The standard InChI is InChI=1S/C19H20N2O5/c1-20-19(24)21-18(23)17(14-6-4-3-5-7-14)26-16(22)12-13-8-10-15(25-2)11-9-13/h3-11,17H,12H2,1-2H3,(H2,20,21,23,24)/t17-/m1/s1. The van der Waals surface area contributed by atoms with E-state index in [0.29, 0.717) is 16.9 Å². The molecule has 1 atom stereocenters. The predicted octanol–water partition coefficient (Wildman–Crippen LogP) is 1.98. The Labute approximate surface area is 151 Å². The van der Waals surface area contributed by atoms with E-state index in [1.165, 1.54) is 7.05 Å². The van der Waals surface area contributed by atoms with Crippen molar-refractivity contribution in [3.8, 4) is 5.75 Å². The van der Waals surface area contributed by atoms with E-state index in [1.54, 1.807) is 61.7 Å². The second-order valence-corrected chi connectivity index (χ2v) is 5.37. The van der Waals surface area contributed by atoms with Crippen molar-refractivity contribution in [2.45, 2.75) is 12.5 Å². The summed E-state index contributed by atoms with van der Waals surface area (Å²) in [5.41, 5.74) is 1.19. The van der Waals surface area contributed by atoms with Crippen molar-refractivity contribution in [3.05, 3.63) is 65.7 Å². The fourth-order valence-corrected chi connectivity index (χ4v) is 2.22. The molecule has 0 aromatic heterocycles. The van der Waals surface area contributed by atoms with Gasteiger partial charge in [0, 0.05) is 12.6 Å². The molecule has 2 N–H and O–H groups in total. The molecule has 0 aliphatic heterocycles. The Kier molecular flexibility index (Phi) is 6.73. The summed E-state index contributed by atoms with van der Waals surface area (Å²) in [6.45, 7) is 0. The highest BCUT2D eigenvalue weighted by Gasteiger charge is 2.26. The van der Waals surface area contributed by atoms with Gasteiger partial charge in [-0.1, -0.05) is 42.5 Å². The first kappa shape index (κ1) is 19.0. The second kappa shape index (κ2) is 9.22. The van der Waals surface area contributed by atoms with Gasteiger partial charge in [-0.3, -0.25) is 14.9 Å². The zero-order valence-corrected chi connectivity index (χ0v) is 14.5. The van der Waals surface area contributed by atoms with Gasteiger partial charge in [0.05, 0.1) is 13.5 Å². The number of urea groups is 1. The fourth-order valence-electron chi connectivity index (χ4n) is 2.22. The highest BCUT2D eigenvalue weighted by Crippen LogP contribution is 2.19. The van der Waals surface area contributed by atoms with Gasteiger partial charge in [0.15, 0.2) is 0 Å². The number of imide groups is 1. The Morgan fingerprint density at radius 1 is 1.00 bits per heavy atom. The first-order valence-corrected chi connectivity index (χ1v) is 7.93. The molecule has 0 heterocycles. The lowest BCUT2D eigenvalue weighted by Crippen LogP contribution is -2.41. The Morgan fingerprint density at radius 2 is 1.65 bits per heavy atom. The molecule has 2 aromatic rings. The normalized spacial score (nSPS) is 11.2. The van der Waals surface area contributed by atoms with Gasteiger partial charge in [-0.15, -0.1) is 0 Å². The molecule has 0 aliphatic rings. The molecule has 7 heteroatoms. The van der Waals surface area contributed by atoms with Crippen LogP contribution in [0.2, 0.25) is 0 Å². The Bertz CT molecular complexity index is 759. The number of carbonyl (C=O) groups is 3. The average molecular weight is 356 g/mol. The van der Waals surface area contributed by atoms with Gasteiger partial charge in [-0.2, -0.15) is 0 Å². The number of carbonyl (C=O) groups excluding carboxylic acids is 3. The second-order valence-electron chi connectivity index (χ2n) is 5.37. The average Bonchev–Trinajstić information content (AvgIpc) is 2.67. The van der Waals surface area contributed by atoms with Crippen LogP contribution in [0, 0.1) is 0 Å². The molecule has 0 fully saturated rings. The maximum Gasteiger partial charge on any atom is 0.321 e. The SMILES string of the molecule is CNC(=O)NC(=O)[C@H](OC(=O)Cc1ccc(OC)cc1)c1ccccc1. The summed E-state index contributed by atoms with van der Waals surface area (Å²) in [6.07, 6.45) is -1.24. The molecule has 26 heavy (non-hydrogen) atoms. The lowest BCUT2D eigenvalue weighted by Gasteiger charge is -2.17. The molecule has 0 radical (unpaired) electrons. The van der Waals surface area contributed by atoms with Crippen LogP contribution >= 0.6 is 0 Å². The maximum atomic E-state index is 12.3. The molecule has 2 rings (SSSR count). The zero-order chi connectivity index (χ0) is 18.9. The first-order chi connectivity index (χ1) is 12.5. The van der Waals surface area contributed by atoms with Gasteiger partial charge < -0.3 is 14.8 Å². The number of hydrogen-bond donors (Lipinski definition) is 2. The van der Waals surface area contributed by atoms with E-state index in [9.17, 15) is 14.4 Å². The molecular weight excluding hydrogens is 336 g/mol. The summed E-state index contributed by atoms with van der Waals surface area (Å²) in [5, 5.41) is 4.41. The quantitative estimate of drug-likeness (QED) is 0.772. The number of amides is 3. The Morgan fingerprint density at radius 3 is 2.23 bits per heavy atom. The third-order valence-electron chi connectivity index (χ3n) is 3.56. The molecule has 0 saturated carbocycles. The van der Waals surface area contributed by atoms with E-state index in [2.05, 4.69) is 10.6 Å². The number of benzene rings is 2. The molecule has 3 amide bonds. The first-order valence-electron chi connectivity index (χ1n) is 7.93. The number of methoxy groups -OCH3 is 1. The number of esters is 1. The number of rotatable bonds is 6. The Hall–Kier alpha value is -3.35. The van der Waals surface area contributed by atoms with E-state index in [4.69, 9.17) is 9.47 Å². The van der Waals surface area contributed by atoms with Crippen LogP contribution in [0.25, 0.3) is 0 Å². The molecule has 2 aromatic carbocycles. The zero-order valence-electron chi connectivity index (χ0n) is 14.5. The molecule has 0 bridgehead atoms. The van der Waals surface area contributed by atoms with Crippen molar-refractivity contribution in [1.29, 1.82) is 0 Å². The van der Waals surface area contributed by atoms with Crippen LogP contribution in [0.1, 0.15) is 17.2 Å². The van der Waals surface area contributed by atoms with Crippen LogP contribution in [-0.4, -0.2) is 32.1 Å². The summed E-state index contributed by atoms with van der Waals surface area (Å²) in [5.74, 6) is -0.635. The summed E-state index contributed by atoms with van der Waals surface area (Å²) < 4.78 is 10.4. The van der Waals surface area contributed by atoms with Gasteiger partial charge in [-0.25, -0.2) is 4.79 Å². The highest BCUT2D eigenvalue weighted by molar-refractivity contribution is 5.97. The van der Waals surface area contributed by atoms with Gasteiger partial charge in [-0.05, 0) is 17.7 Å². The van der Waals surface area contributed by atoms with Crippen molar-refractivity contribution < 1.29 is 23.9 Å². The Balaban J connectivity index is 2.10. The van der Waals surface area contributed by atoms with Gasteiger partial charge in [0.25, 0.3) is 5.91 Å². The predicted molar refractivity (Wildman–Crippen MR) is 94.6 cm³/mol. The van der Waals surface area contributed by atoms with Crippen LogP contribution in [0.4, 0.5) is 4.79 Å². The van der Waals surface area contributed by atoms with Crippen molar-refractivity contribution in [3.63, 3.8) is 0 Å². The van der Waals surface area contributed by atoms with Crippen LogP contribution in [0.15, 0.2) is 54.6 Å².